The van der Waals surface area contributed by atoms with Gasteiger partial charge in [-0.1, -0.05) is 30.3 Å². The van der Waals surface area contributed by atoms with E-state index in [0.717, 1.165) is 16.3 Å². The maximum absolute atomic E-state index is 10.6. The summed E-state index contributed by atoms with van der Waals surface area (Å²) >= 11 is 1.56. The summed E-state index contributed by atoms with van der Waals surface area (Å²) in [6.45, 7) is 2.14. The average molecular weight is 248 g/mol. The average Bonchev–Trinajstić information content (AvgIpc) is 2.75. The maximum atomic E-state index is 10.6. The number of aryl methyl sites for hydroxylation is 1. The summed E-state index contributed by atoms with van der Waals surface area (Å²) in [6, 6.07) is 9.53. The Balaban J connectivity index is 2.26. The predicted molar refractivity (Wildman–Crippen MR) is 69.9 cm³/mol. The third kappa shape index (κ3) is 2.72. The van der Waals surface area contributed by atoms with Crippen molar-refractivity contribution < 1.29 is 5.11 Å². The van der Waals surface area contributed by atoms with Crippen LogP contribution in [0.3, 0.4) is 0 Å². The Morgan fingerprint density at radius 3 is 2.59 bits per heavy atom. The lowest BCUT2D eigenvalue weighted by atomic mass is 9.91. The van der Waals surface area contributed by atoms with Gasteiger partial charge in [0.2, 0.25) is 0 Å². The van der Waals surface area contributed by atoms with Gasteiger partial charge in [0.1, 0.15) is 5.60 Å². The number of benzene rings is 1. The Labute approximate surface area is 105 Å². The van der Waals surface area contributed by atoms with Gasteiger partial charge < -0.3 is 10.8 Å². The third-order valence-electron chi connectivity index (χ3n) is 2.76. The number of nitrogens with two attached hydrogens (primary N) is 1. The molecule has 2 rings (SSSR count). The quantitative estimate of drug-likeness (QED) is 0.868. The highest BCUT2D eigenvalue weighted by Gasteiger charge is 2.28. The molecule has 0 aliphatic carbocycles. The van der Waals surface area contributed by atoms with Crippen molar-refractivity contribution in [2.75, 3.05) is 6.54 Å². The van der Waals surface area contributed by atoms with Crippen LogP contribution in [0.4, 0.5) is 0 Å². The minimum atomic E-state index is -1.02. The van der Waals surface area contributed by atoms with Gasteiger partial charge in [-0.05, 0) is 12.5 Å². The van der Waals surface area contributed by atoms with Crippen molar-refractivity contribution in [3.8, 4) is 0 Å². The molecule has 0 fully saturated rings. The number of hydrogen-bond acceptors (Lipinski definition) is 4. The lowest BCUT2D eigenvalue weighted by molar-refractivity contribution is 0.0462. The zero-order valence-corrected chi connectivity index (χ0v) is 10.6. The molecule has 0 aliphatic rings. The molecular weight excluding hydrogens is 232 g/mol. The Morgan fingerprint density at radius 1 is 1.35 bits per heavy atom. The highest BCUT2D eigenvalue weighted by molar-refractivity contribution is 7.09. The predicted octanol–water partition coefficient (Wildman–Crippen LogP) is 1.84. The van der Waals surface area contributed by atoms with Crippen molar-refractivity contribution in [3.05, 3.63) is 52.0 Å². The topological polar surface area (TPSA) is 59.1 Å². The minimum Gasteiger partial charge on any atom is -0.383 e. The van der Waals surface area contributed by atoms with Crippen LogP contribution in [0.2, 0.25) is 0 Å². The van der Waals surface area contributed by atoms with Gasteiger partial charge in [-0.2, -0.15) is 0 Å². The van der Waals surface area contributed by atoms with Gasteiger partial charge in [-0.15, -0.1) is 11.3 Å². The summed E-state index contributed by atoms with van der Waals surface area (Å²) in [5, 5.41) is 13.5. The van der Waals surface area contributed by atoms with Crippen LogP contribution < -0.4 is 5.73 Å². The lowest BCUT2D eigenvalue weighted by Gasteiger charge is -2.26. The smallest absolute Gasteiger partial charge is 0.108 e. The highest BCUT2D eigenvalue weighted by Crippen LogP contribution is 2.26. The van der Waals surface area contributed by atoms with Gasteiger partial charge in [0.15, 0.2) is 0 Å². The van der Waals surface area contributed by atoms with E-state index in [2.05, 4.69) is 4.98 Å². The Morgan fingerprint density at radius 2 is 2.06 bits per heavy atom. The van der Waals surface area contributed by atoms with E-state index in [1.54, 1.807) is 11.3 Å². The fraction of sp³-hybridized carbons (Fsp3) is 0.308. The third-order valence-corrected chi connectivity index (χ3v) is 3.73. The lowest BCUT2D eigenvalue weighted by Crippen LogP contribution is -2.37. The molecule has 1 atom stereocenters. The summed E-state index contributed by atoms with van der Waals surface area (Å²) in [5.74, 6) is 0. The summed E-state index contributed by atoms with van der Waals surface area (Å²) < 4.78 is 0. The highest BCUT2D eigenvalue weighted by atomic mass is 32.1. The monoisotopic (exact) mass is 248 g/mol. The van der Waals surface area contributed by atoms with Crippen LogP contribution >= 0.6 is 11.3 Å². The molecule has 3 N–H and O–H groups in total. The molecule has 1 unspecified atom stereocenters. The molecule has 1 aromatic heterocycles. The molecule has 90 valence electrons. The molecule has 1 heterocycles. The second-order valence-electron chi connectivity index (χ2n) is 4.16. The first kappa shape index (κ1) is 12.2. The Hall–Kier alpha value is -1.23. The van der Waals surface area contributed by atoms with E-state index < -0.39 is 5.60 Å². The molecule has 3 nitrogen and oxygen atoms in total. The number of thiazole rings is 1. The van der Waals surface area contributed by atoms with Gasteiger partial charge in [0, 0.05) is 24.0 Å². The molecule has 0 radical (unpaired) electrons. The minimum absolute atomic E-state index is 0.190. The fourth-order valence-electron chi connectivity index (χ4n) is 1.77. The fourth-order valence-corrected chi connectivity index (χ4v) is 2.65. The largest absolute Gasteiger partial charge is 0.383 e. The van der Waals surface area contributed by atoms with Gasteiger partial charge >= 0.3 is 0 Å². The van der Waals surface area contributed by atoms with E-state index in [-0.39, 0.29) is 6.54 Å². The van der Waals surface area contributed by atoms with Crippen LogP contribution in [-0.4, -0.2) is 16.6 Å². The number of nitrogens with zero attached hydrogens (tertiary/aromatic N) is 1. The first-order chi connectivity index (χ1) is 8.14. The van der Waals surface area contributed by atoms with Crippen molar-refractivity contribution in [1.82, 2.24) is 4.98 Å². The van der Waals surface area contributed by atoms with Crippen LogP contribution in [0.5, 0.6) is 0 Å². The molecule has 17 heavy (non-hydrogen) atoms. The second kappa shape index (κ2) is 4.96. The molecule has 0 saturated carbocycles. The molecule has 0 spiro atoms. The van der Waals surface area contributed by atoms with Crippen molar-refractivity contribution >= 4 is 11.3 Å². The number of hydrogen-bond donors (Lipinski definition) is 2. The molecule has 0 aliphatic heterocycles. The van der Waals surface area contributed by atoms with E-state index >= 15 is 0 Å². The summed E-state index contributed by atoms with van der Waals surface area (Å²) in [6.07, 6.45) is 0.464. The van der Waals surface area contributed by atoms with E-state index in [0.29, 0.717) is 6.42 Å². The number of rotatable bonds is 4. The normalized spacial score (nSPS) is 14.5. The van der Waals surface area contributed by atoms with Gasteiger partial charge in [0.25, 0.3) is 0 Å². The van der Waals surface area contributed by atoms with Gasteiger partial charge in [0.05, 0.1) is 5.01 Å². The molecule has 0 amide bonds. The molecule has 4 heteroatoms. The van der Waals surface area contributed by atoms with E-state index in [1.807, 2.05) is 42.6 Å². The first-order valence-electron chi connectivity index (χ1n) is 5.53. The SMILES string of the molecule is Cc1csc(CC(O)(CN)c2ccccc2)n1. The summed E-state index contributed by atoms with van der Waals surface area (Å²) in [7, 11) is 0. The van der Waals surface area contributed by atoms with E-state index in [9.17, 15) is 5.11 Å². The van der Waals surface area contributed by atoms with Crippen LogP contribution in [0.1, 0.15) is 16.3 Å². The zero-order valence-electron chi connectivity index (χ0n) is 9.76. The first-order valence-corrected chi connectivity index (χ1v) is 6.41. The van der Waals surface area contributed by atoms with Crippen molar-refractivity contribution in [3.63, 3.8) is 0 Å². The van der Waals surface area contributed by atoms with Crippen molar-refractivity contribution in [1.29, 1.82) is 0 Å². The molecule has 0 saturated heterocycles. The zero-order chi connectivity index (χ0) is 12.3. The molecule has 2 aromatic rings. The van der Waals surface area contributed by atoms with Crippen molar-refractivity contribution in [2.24, 2.45) is 5.73 Å². The Kier molecular flexibility index (Phi) is 3.57. The number of aromatic nitrogens is 1. The van der Waals surface area contributed by atoms with E-state index in [1.165, 1.54) is 0 Å². The molecule has 1 aromatic carbocycles. The maximum Gasteiger partial charge on any atom is 0.108 e. The van der Waals surface area contributed by atoms with Crippen LogP contribution in [-0.2, 0) is 12.0 Å². The van der Waals surface area contributed by atoms with Crippen LogP contribution in [0.25, 0.3) is 0 Å². The van der Waals surface area contributed by atoms with Crippen molar-refractivity contribution in [2.45, 2.75) is 18.9 Å². The van der Waals surface area contributed by atoms with Crippen LogP contribution in [0, 0.1) is 6.92 Å². The molecular formula is C13H16N2OS. The van der Waals surface area contributed by atoms with Crippen LogP contribution in [0.15, 0.2) is 35.7 Å². The second-order valence-corrected chi connectivity index (χ2v) is 5.10. The van der Waals surface area contributed by atoms with Gasteiger partial charge in [-0.3, -0.25) is 0 Å². The Bertz CT molecular complexity index is 483. The molecule has 0 bridgehead atoms. The van der Waals surface area contributed by atoms with E-state index in [4.69, 9.17) is 5.73 Å². The van der Waals surface area contributed by atoms with Gasteiger partial charge in [-0.25, -0.2) is 4.98 Å². The summed E-state index contributed by atoms with van der Waals surface area (Å²) in [4.78, 5) is 4.37. The summed E-state index contributed by atoms with van der Waals surface area (Å²) in [5.41, 5.74) is 6.52. The standard InChI is InChI=1S/C13H16N2OS/c1-10-8-17-12(15-10)7-13(16,9-14)11-5-3-2-4-6-11/h2-6,8,16H,7,9,14H2,1H3. The number of aliphatic hydroxyl groups is 1.